The lowest BCUT2D eigenvalue weighted by Crippen LogP contribution is -2.26. The predicted molar refractivity (Wildman–Crippen MR) is 175 cm³/mol. The van der Waals surface area contributed by atoms with Crippen molar-refractivity contribution in [1.82, 2.24) is 0 Å². The van der Waals surface area contributed by atoms with Crippen LogP contribution in [0.2, 0.25) is 0 Å². The molecule has 0 aliphatic rings. The van der Waals surface area contributed by atoms with Gasteiger partial charge < -0.3 is 0 Å². The second kappa shape index (κ2) is 12.7. The molecule has 6 aromatic carbocycles. The smallest absolute Gasteiger partial charge is 0.0863 e. The molecule has 0 atom stereocenters. The Balaban J connectivity index is 1.51. The van der Waals surface area contributed by atoms with Crippen LogP contribution in [0.4, 0.5) is 0 Å². The van der Waals surface area contributed by atoms with Crippen LogP contribution in [0.3, 0.4) is 0 Å². The Hall–Kier alpha value is -3.67. The number of hydrogen-bond donors (Lipinski definition) is 0. The van der Waals surface area contributed by atoms with E-state index in [2.05, 4.69) is 158 Å². The third kappa shape index (κ3) is 5.63. The summed E-state index contributed by atoms with van der Waals surface area (Å²) < 4.78 is 14.8. The van der Waals surface area contributed by atoms with E-state index < -0.39 is 26.6 Å². The Morgan fingerprint density at radius 3 is 0.875 bits per heavy atom. The van der Waals surface area contributed by atoms with Crippen LogP contribution in [0.5, 0.6) is 0 Å². The summed E-state index contributed by atoms with van der Waals surface area (Å²) in [6.45, 7) is 0. The van der Waals surface area contributed by atoms with Gasteiger partial charge in [0.05, 0.1) is 20.6 Å². The molecule has 0 N–H and O–H groups in total. The molecule has 0 saturated heterocycles. The largest absolute Gasteiger partial charge is 0.249 e. The molecule has 0 aliphatic carbocycles. The summed E-state index contributed by atoms with van der Waals surface area (Å²) in [6.07, 6.45) is 0. The van der Waals surface area contributed by atoms with E-state index in [1.165, 1.54) is 21.2 Å². The van der Waals surface area contributed by atoms with Crippen molar-refractivity contribution in [3.05, 3.63) is 170 Å². The van der Waals surface area contributed by atoms with Gasteiger partial charge in [0.25, 0.3) is 0 Å². The first-order valence-electron chi connectivity index (χ1n) is 13.2. The molecule has 4 heteroatoms. The van der Waals surface area contributed by atoms with Crippen LogP contribution < -0.4 is 31.8 Å². The van der Waals surface area contributed by atoms with Crippen molar-refractivity contribution >= 4 is 58.5 Å². The predicted octanol–water partition coefficient (Wildman–Crippen LogP) is 6.37. The normalized spacial score (nSPS) is 11.3. The number of rotatable bonds is 8. The number of benzene rings is 6. The van der Waals surface area contributed by atoms with Crippen LogP contribution >= 0.6 is 15.8 Å². The summed E-state index contributed by atoms with van der Waals surface area (Å²) in [7, 11) is -3.15. The highest BCUT2D eigenvalue weighted by Gasteiger charge is 2.26. The second-order valence-electron chi connectivity index (χ2n) is 9.22. The minimum Gasteiger partial charge on any atom is -0.249 e. The maximum Gasteiger partial charge on any atom is 0.0863 e. The Kier molecular flexibility index (Phi) is 8.41. The maximum atomic E-state index is 14.8. The highest BCUT2D eigenvalue weighted by molar-refractivity contribution is 7.89. The van der Waals surface area contributed by atoms with Gasteiger partial charge in [0.15, 0.2) is 0 Å². The zero-order valence-corrected chi connectivity index (χ0v) is 24.5. The molecule has 0 bridgehead atoms. The van der Waals surface area contributed by atoms with Gasteiger partial charge in [0.2, 0.25) is 0 Å². The van der Waals surface area contributed by atoms with Gasteiger partial charge >= 0.3 is 0 Å². The van der Waals surface area contributed by atoms with Crippen molar-refractivity contribution in [3.8, 4) is 0 Å². The van der Waals surface area contributed by atoms with Crippen molar-refractivity contribution in [2.75, 3.05) is 0 Å². The average Bonchev–Trinajstić information content (AvgIpc) is 3.04. The minimum atomic E-state index is -1.37. The monoisotopic (exact) mass is 570 g/mol. The van der Waals surface area contributed by atoms with Crippen LogP contribution in [0.15, 0.2) is 180 Å². The molecule has 0 unspecified atom stereocenters. The lowest BCUT2D eigenvalue weighted by atomic mass is 10.3. The summed E-state index contributed by atoms with van der Waals surface area (Å²) in [5, 5.41) is 7.25. The Labute approximate surface area is 241 Å². The minimum absolute atomic E-state index is 0.879. The quantitative estimate of drug-likeness (QED) is 0.195. The van der Waals surface area contributed by atoms with E-state index >= 15 is 0 Å². The molecular weight excluding hydrogens is 542 g/mol. The van der Waals surface area contributed by atoms with Crippen molar-refractivity contribution in [2.24, 2.45) is 0 Å². The van der Waals surface area contributed by atoms with Crippen LogP contribution in [0, 0.1) is 0 Å². The van der Waals surface area contributed by atoms with Gasteiger partial charge in [-0.2, -0.15) is 0 Å². The summed E-state index contributed by atoms with van der Waals surface area (Å²) in [4.78, 5) is 1.76. The Bertz CT molecular complexity index is 1500. The highest BCUT2D eigenvalue weighted by atomic mass is 32.2. The summed E-state index contributed by atoms with van der Waals surface area (Å²) in [6, 6.07) is 59.1. The highest BCUT2D eigenvalue weighted by Crippen LogP contribution is 2.38. The van der Waals surface area contributed by atoms with E-state index in [1.807, 2.05) is 12.1 Å². The first-order chi connectivity index (χ1) is 19.8. The van der Waals surface area contributed by atoms with Crippen LogP contribution in [-0.2, 0) is 10.8 Å². The molecule has 6 rings (SSSR count). The molecule has 0 fully saturated rings. The van der Waals surface area contributed by atoms with Gasteiger partial charge in [-0.1, -0.05) is 158 Å². The van der Waals surface area contributed by atoms with Gasteiger partial charge in [0.1, 0.15) is 0 Å². The molecule has 194 valence electrons. The third-order valence-corrected chi connectivity index (χ3v) is 13.5. The van der Waals surface area contributed by atoms with Gasteiger partial charge in [0, 0.05) is 10.6 Å². The van der Waals surface area contributed by atoms with E-state index in [4.69, 9.17) is 0 Å². The van der Waals surface area contributed by atoms with E-state index in [9.17, 15) is 4.21 Å². The third-order valence-electron chi connectivity index (χ3n) is 6.67. The van der Waals surface area contributed by atoms with E-state index in [0.717, 1.165) is 20.4 Å². The standard InChI is InChI=1S/C36H28OP2S/c37-40(35-27-15-13-25-33(35)38(29-17-5-1-6-18-29)30-19-7-2-8-20-30)36-28-16-14-26-34(36)39(31-21-9-3-10-22-31)32-23-11-4-12-24-32/h1-28H. The molecule has 0 aliphatic heterocycles. The van der Waals surface area contributed by atoms with Crippen molar-refractivity contribution in [3.63, 3.8) is 0 Å². The zero-order chi connectivity index (χ0) is 27.1. The molecule has 0 aromatic heterocycles. The SMILES string of the molecule is O=S(c1ccccc1P(c1ccccc1)c1ccccc1)c1ccccc1P(c1ccccc1)c1ccccc1. The van der Waals surface area contributed by atoms with E-state index in [0.29, 0.717) is 0 Å². The molecule has 1 nitrogen and oxygen atoms in total. The fourth-order valence-corrected chi connectivity index (χ4v) is 11.7. The van der Waals surface area contributed by atoms with Crippen LogP contribution in [0.1, 0.15) is 0 Å². The molecule has 0 heterocycles. The van der Waals surface area contributed by atoms with Crippen LogP contribution in [0.25, 0.3) is 0 Å². The lowest BCUT2D eigenvalue weighted by molar-refractivity contribution is 0.684. The molecule has 40 heavy (non-hydrogen) atoms. The van der Waals surface area contributed by atoms with Crippen molar-refractivity contribution < 1.29 is 4.21 Å². The van der Waals surface area contributed by atoms with Crippen molar-refractivity contribution in [2.45, 2.75) is 9.79 Å². The fourth-order valence-electron chi connectivity index (χ4n) is 4.88. The van der Waals surface area contributed by atoms with Gasteiger partial charge in [-0.3, -0.25) is 0 Å². The first-order valence-corrected chi connectivity index (χ1v) is 17.0. The van der Waals surface area contributed by atoms with Gasteiger partial charge in [-0.25, -0.2) is 4.21 Å². The summed E-state index contributed by atoms with van der Waals surface area (Å²) in [5.41, 5.74) is 0. The maximum absolute atomic E-state index is 14.8. The molecule has 0 amide bonds. The first kappa shape index (κ1) is 26.5. The molecule has 0 saturated carbocycles. The second-order valence-corrected chi connectivity index (χ2v) is 15.0. The Morgan fingerprint density at radius 2 is 0.575 bits per heavy atom. The van der Waals surface area contributed by atoms with Crippen molar-refractivity contribution in [1.29, 1.82) is 0 Å². The fraction of sp³-hybridized carbons (Fsp3) is 0. The molecule has 6 aromatic rings. The topological polar surface area (TPSA) is 17.1 Å². The average molecular weight is 571 g/mol. The lowest BCUT2D eigenvalue weighted by Gasteiger charge is -2.24. The Morgan fingerprint density at radius 1 is 0.325 bits per heavy atom. The molecule has 0 spiro atoms. The molecule has 0 radical (unpaired) electrons. The van der Waals surface area contributed by atoms with Crippen LogP contribution in [-0.4, -0.2) is 4.21 Å². The van der Waals surface area contributed by atoms with E-state index in [-0.39, 0.29) is 0 Å². The van der Waals surface area contributed by atoms with Gasteiger partial charge in [-0.15, -0.1) is 0 Å². The van der Waals surface area contributed by atoms with E-state index in [1.54, 1.807) is 0 Å². The van der Waals surface area contributed by atoms with Gasteiger partial charge in [-0.05, 0) is 49.2 Å². The summed E-state index contributed by atoms with van der Waals surface area (Å²) >= 11 is 0. The number of hydrogen-bond acceptors (Lipinski definition) is 1. The molecular formula is C36H28OP2S. The zero-order valence-electron chi connectivity index (χ0n) is 21.9. The summed E-state index contributed by atoms with van der Waals surface area (Å²) in [5.74, 6) is 0.